The molecule has 6 nitrogen and oxygen atoms in total. The summed E-state index contributed by atoms with van der Waals surface area (Å²) in [5.41, 5.74) is 9.73. The van der Waals surface area contributed by atoms with Gasteiger partial charge in [0, 0.05) is 11.6 Å². The first-order valence-electron chi connectivity index (χ1n) is 9.03. The summed E-state index contributed by atoms with van der Waals surface area (Å²) in [4.78, 5) is 16.6. The van der Waals surface area contributed by atoms with Crippen LogP contribution in [0, 0.1) is 6.92 Å². The predicted molar refractivity (Wildman–Crippen MR) is 104 cm³/mol. The van der Waals surface area contributed by atoms with Gasteiger partial charge in [-0.1, -0.05) is 36.4 Å². The Bertz CT molecular complexity index is 962. The number of anilines is 1. The molecule has 1 amide bonds. The third-order valence-electron chi connectivity index (χ3n) is 4.63. The molecule has 1 fully saturated rings. The van der Waals surface area contributed by atoms with Crippen molar-refractivity contribution in [1.82, 2.24) is 14.9 Å². The number of hydrogen-bond acceptors (Lipinski definition) is 4. The number of aryl methyl sites for hydroxylation is 1. The van der Waals surface area contributed by atoms with Crippen LogP contribution < -0.4 is 15.8 Å². The van der Waals surface area contributed by atoms with Crippen LogP contribution in [0.2, 0.25) is 0 Å². The summed E-state index contributed by atoms with van der Waals surface area (Å²) in [6, 6.07) is 15.8. The van der Waals surface area contributed by atoms with Gasteiger partial charge in [-0.3, -0.25) is 9.36 Å². The molecule has 2 aromatic carbocycles. The molecule has 0 spiro atoms. The van der Waals surface area contributed by atoms with E-state index >= 15 is 0 Å². The smallest absolute Gasteiger partial charge is 0.257 e. The average Bonchev–Trinajstić information content (AvgIpc) is 3.42. The first-order chi connectivity index (χ1) is 13.1. The standard InChI is InChI=1S/C21H22N4O2/c1-14-7-8-16(20(26)24-17-9-10-17)11-18(14)25-13-23-21(19(25)22)27-12-15-5-3-2-4-6-15/h2-8,11,13,17H,9-10,12,22H2,1H3,(H,24,26). The number of carbonyl (C=O) groups excluding carboxylic acids is 1. The molecule has 3 aromatic rings. The van der Waals surface area contributed by atoms with Crippen molar-refractivity contribution in [2.45, 2.75) is 32.4 Å². The van der Waals surface area contributed by atoms with Gasteiger partial charge < -0.3 is 15.8 Å². The molecular weight excluding hydrogens is 340 g/mol. The fourth-order valence-corrected chi connectivity index (χ4v) is 2.88. The second-order valence-corrected chi connectivity index (χ2v) is 6.83. The molecule has 0 bridgehead atoms. The van der Waals surface area contributed by atoms with Gasteiger partial charge in [0.25, 0.3) is 11.8 Å². The second kappa shape index (κ2) is 7.15. The van der Waals surface area contributed by atoms with Crippen LogP contribution in [0.25, 0.3) is 5.69 Å². The van der Waals surface area contributed by atoms with E-state index in [9.17, 15) is 4.79 Å². The molecule has 4 rings (SSSR count). The summed E-state index contributed by atoms with van der Waals surface area (Å²) >= 11 is 0. The summed E-state index contributed by atoms with van der Waals surface area (Å²) in [6.07, 6.45) is 3.74. The quantitative estimate of drug-likeness (QED) is 0.705. The van der Waals surface area contributed by atoms with Crippen LogP contribution in [-0.4, -0.2) is 21.5 Å². The number of amides is 1. The molecule has 0 radical (unpaired) electrons. The van der Waals surface area contributed by atoms with Crippen LogP contribution in [0.15, 0.2) is 54.9 Å². The molecule has 1 aromatic heterocycles. The van der Waals surface area contributed by atoms with Gasteiger partial charge >= 0.3 is 0 Å². The number of nitrogens with zero attached hydrogens (tertiary/aromatic N) is 2. The number of aromatic nitrogens is 2. The number of nitrogens with one attached hydrogen (secondary N) is 1. The number of ether oxygens (including phenoxy) is 1. The topological polar surface area (TPSA) is 82.2 Å². The Morgan fingerprint density at radius 2 is 2.04 bits per heavy atom. The van der Waals surface area contributed by atoms with Gasteiger partial charge in [0.1, 0.15) is 12.9 Å². The third kappa shape index (κ3) is 3.79. The lowest BCUT2D eigenvalue weighted by atomic mass is 10.1. The number of hydrogen-bond donors (Lipinski definition) is 2. The van der Waals surface area contributed by atoms with Crippen LogP contribution in [-0.2, 0) is 6.61 Å². The van der Waals surface area contributed by atoms with Crippen molar-refractivity contribution in [1.29, 1.82) is 0 Å². The molecule has 3 N–H and O–H groups in total. The lowest BCUT2D eigenvalue weighted by Gasteiger charge is -2.12. The van der Waals surface area contributed by atoms with Crippen LogP contribution in [0.5, 0.6) is 5.88 Å². The minimum atomic E-state index is -0.0574. The fourth-order valence-electron chi connectivity index (χ4n) is 2.88. The second-order valence-electron chi connectivity index (χ2n) is 6.83. The highest BCUT2D eigenvalue weighted by molar-refractivity contribution is 5.95. The normalized spacial score (nSPS) is 13.4. The molecule has 1 saturated carbocycles. The lowest BCUT2D eigenvalue weighted by molar-refractivity contribution is 0.0951. The van der Waals surface area contributed by atoms with E-state index in [0.717, 1.165) is 29.7 Å². The molecule has 1 heterocycles. The number of imidazole rings is 1. The van der Waals surface area contributed by atoms with E-state index in [0.29, 0.717) is 29.9 Å². The molecule has 0 unspecified atom stereocenters. The van der Waals surface area contributed by atoms with E-state index in [1.165, 1.54) is 0 Å². The van der Waals surface area contributed by atoms with Crippen molar-refractivity contribution < 1.29 is 9.53 Å². The number of rotatable bonds is 6. The molecule has 0 atom stereocenters. The minimum Gasteiger partial charge on any atom is -0.470 e. The SMILES string of the molecule is Cc1ccc(C(=O)NC2CC2)cc1-n1cnc(OCc2ccccc2)c1N. The summed E-state index contributed by atoms with van der Waals surface area (Å²) in [5.74, 6) is 0.734. The van der Waals surface area contributed by atoms with Gasteiger partial charge in [0.2, 0.25) is 0 Å². The summed E-state index contributed by atoms with van der Waals surface area (Å²) in [7, 11) is 0. The van der Waals surface area contributed by atoms with Crippen LogP contribution in [0.1, 0.15) is 34.3 Å². The van der Waals surface area contributed by atoms with Crippen molar-refractivity contribution >= 4 is 11.7 Å². The van der Waals surface area contributed by atoms with Crippen molar-refractivity contribution in [3.63, 3.8) is 0 Å². The molecule has 1 aliphatic carbocycles. The van der Waals surface area contributed by atoms with E-state index in [1.807, 2.05) is 55.5 Å². The van der Waals surface area contributed by atoms with Gasteiger partial charge in [-0.2, -0.15) is 0 Å². The van der Waals surface area contributed by atoms with E-state index in [1.54, 1.807) is 10.9 Å². The van der Waals surface area contributed by atoms with Crippen molar-refractivity contribution in [3.8, 4) is 11.6 Å². The average molecular weight is 362 g/mol. The zero-order chi connectivity index (χ0) is 18.8. The highest BCUT2D eigenvalue weighted by Crippen LogP contribution is 2.27. The van der Waals surface area contributed by atoms with Crippen molar-refractivity contribution in [2.24, 2.45) is 0 Å². The van der Waals surface area contributed by atoms with Gasteiger partial charge in [-0.25, -0.2) is 4.98 Å². The Morgan fingerprint density at radius 1 is 1.26 bits per heavy atom. The predicted octanol–water partition coefficient (Wildman–Crippen LogP) is 3.23. The molecule has 138 valence electrons. The summed E-state index contributed by atoms with van der Waals surface area (Å²) < 4.78 is 7.52. The fraction of sp³-hybridized carbons (Fsp3) is 0.238. The Morgan fingerprint density at radius 3 is 2.78 bits per heavy atom. The largest absolute Gasteiger partial charge is 0.470 e. The van der Waals surface area contributed by atoms with E-state index in [4.69, 9.17) is 10.5 Å². The maximum atomic E-state index is 12.3. The Labute approximate surface area is 158 Å². The number of nitrogens with two attached hydrogens (primary N) is 1. The van der Waals surface area contributed by atoms with Gasteiger partial charge in [-0.05, 0) is 43.0 Å². The van der Waals surface area contributed by atoms with E-state index in [2.05, 4.69) is 10.3 Å². The van der Waals surface area contributed by atoms with Gasteiger partial charge in [0.05, 0.1) is 5.69 Å². The zero-order valence-corrected chi connectivity index (χ0v) is 15.2. The number of benzene rings is 2. The molecule has 0 aliphatic heterocycles. The minimum absolute atomic E-state index is 0.0574. The molecule has 1 aliphatic rings. The molecule has 27 heavy (non-hydrogen) atoms. The number of carbonyl (C=O) groups is 1. The van der Waals surface area contributed by atoms with E-state index < -0.39 is 0 Å². The molecule has 6 heteroatoms. The Kier molecular flexibility index (Phi) is 4.54. The maximum absolute atomic E-state index is 12.3. The molecule has 0 saturated heterocycles. The first-order valence-corrected chi connectivity index (χ1v) is 9.03. The molecular formula is C21H22N4O2. The summed E-state index contributed by atoms with van der Waals surface area (Å²) in [5, 5.41) is 3.01. The number of nitrogen functional groups attached to an aromatic ring is 1. The highest BCUT2D eigenvalue weighted by atomic mass is 16.5. The van der Waals surface area contributed by atoms with E-state index in [-0.39, 0.29) is 5.91 Å². The van der Waals surface area contributed by atoms with Gasteiger partial charge in [-0.15, -0.1) is 0 Å². The van der Waals surface area contributed by atoms with Crippen LogP contribution >= 0.6 is 0 Å². The monoisotopic (exact) mass is 362 g/mol. The first kappa shape index (κ1) is 17.1. The van der Waals surface area contributed by atoms with Crippen molar-refractivity contribution in [2.75, 3.05) is 5.73 Å². The van der Waals surface area contributed by atoms with Crippen LogP contribution in [0.3, 0.4) is 0 Å². The lowest BCUT2D eigenvalue weighted by Crippen LogP contribution is -2.25. The third-order valence-corrected chi connectivity index (χ3v) is 4.63. The maximum Gasteiger partial charge on any atom is 0.257 e. The highest BCUT2D eigenvalue weighted by Gasteiger charge is 2.24. The Balaban J connectivity index is 1.56. The Hall–Kier alpha value is -3.28. The van der Waals surface area contributed by atoms with Crippen molar-refractivity contribution in [3.05, 3.63) is 71.5 Å². The van der Waals surface area contributed by atoms with Gasteiger partial charge in [0.15, 0.2) is 5.82 Å². The van der Waals surface area contributed by atoms with Crippen LogP contribution in [0.4, 0.5) is 5.82 Å². The summed E-state index contributed by atoms with van der Waals surface area (Å²) in [6.45, 7) is 2.37. The zero-order valence-electron chi connectivity index (χ0n) is 15.2.